The minimum atomic E-state index is -0.409. The van der Waals surface area contributed by atoms with E-state index in [0.29, 0.717) is 23.2 Å². The minimum absolute atomic E-state index is 0.112. The molecule has 2 N–H and O–H groups in total. The van der Waals surface area contributed by atoms with E-state index < -0.39 is 5.56 Å². The molecule has 0 aliphatic carbocycles. The molecule has 0 aliphatic heterocycles. The van der Waals surface area contributed by atoms with E-state index in [1.807, 2.05) is 19.9 Å². The maximum atomic E-state index is 12.0. The molecule has 0 aliphatic rings. The first kappa shape index (κ1) is 15.3. The zero-order valence-electron chi connectivity index (χ0n) is 11.9. The van der Waals surface area contributed by atoms with Crippen molar-refractivity contribution in [2.45, 2.75) is 13.8 Å². The lowest BCUT2D eigenvalue weighted by Gasteiger charge is -2.08. The van der Waals surface area contributed by atoms with Crippen LogP contribution in [0.3, 0.4) is 0 Å². The Morgan fingerprint density at radius 2 is 2.05 bits per heavy atom. The molecule has 0 spiro atoms. The average molecular weight is 305 g/mol. The van der Waals surface area contributed by atoms with Crippen LogP contribution in [0.4, 0.5) is 0 Å². The molecule has 1 aromatic heterocycles. The summed E-state index contributed by atoms with van der Waals surface area (Å²) in [6, 6.07) is 10.4. The van der Waals surface area contributed by atoms with E-state index in [4.69, 9.17) is 11.6 Å². The number of nitrogens with one attached hydrogen (secondary N) is 2. The summed E-state index contributed by atoms with van der Waals surface area (Å²) in [5.74, 6) is -0.0265. The van der Waals surface area contributed by atoms with Gasteiger partial charge in [-0.25, -0.2) is 0 Å². The summed E-state index contributed by atoms with van der Waals surface area (Å²) in [5.41, 5.74) is 1.13. The fourth-order valence-corrected chi connectivity index (χ4v) is 2.06. The van der Waals surface area contributed by atoms with Crippen LogP contribution >= 0.6 is 11.6 Å². The van der Waals surface area contributed by atoms with Crippen molar-refractivity contribution in [1.82, 2.24) is 10.3 Å². The predicted molar refractivity (Wildman–Crippen MR) is 84.7 cm³/mol. The van der Waals surface area contributed by atoms with E-state index in [9.17, 15) is 9.59 Å². The Hall–Kier alpha value is -2.07. The van der Waals surface area contributed by atoms with E-state index in [1.165, 1.54) is 6.07 Å². The van der Waals surface area contributed by atoms with E-state index in [2.05, 4.69) is 10.3 Å². The van der Waals surface area contributed by atoms with Crippen molar-refractivity contribution in [3.05, 3.63) is 57.3 Å². The summed E-state index contributed by atoms with van der Waals surface area (Å²) in [6.45, 7) is 4.52. The molecule has 0 atom stereocenters. The van der Waals surface area contributed by atoms with Gasteiger partial charge in [0.15, 0.2) is 0 Å². The quantitative estimate of drug-likeness (QED) is 0.912. The van der Waals surface area contributed by atoms with Gasteiger partial charge in [-0.3, -0.25) is 9.59 Å². The number of hydrogen-bond donors (Lipinski definition) is 2. The number of aromatic amines is 1. The summed E-state index contributed by atoms with van der Waals surface area (Å²) in [5, 5.41) is 3.32. The third kappa shape index (κ3) is 3.95. The molecule has 2 rings (SSSR count). The molecule has 0 fully saturated rings. The molecule has 110 valence electrons. The topological polar surface area (TPSA) is 62.0 Å². The van der Waals surface area contributed by atoms with Gasteiger partial charge in [-0.2, -0.15) is 0 Å². The maximum Gasteiger partial charge on any atom is 0.261 e. The van der Waals surface area contributed by atoms with Crippen LogP contribution in [-0.4, -0.2) is 17.4 Å². The second kappa shape index (κ2) is 6.59. The van der Waals surface area contributed by atoms with Crippen molar-refractivity contribution in [1.29, 1.82) is 0 Å². The molecule has 4 nitrogen and oxygen atoms in total. The highest BCUT2D eigenvalue weighted by Crippen LogP contribution is 2.19. The van der Waals surface area contributed by atoms with Crippen molar-refractivity contribution >= 4 is 17.5 Å². The van der Waals surface area contributed by atoms with Crippen molar-refractivity contribution < 1.29 is 4.79 Å². The number of pyridine rings is 1. The van der Waals surface area contributed by atoms with Gasteiger partial charge >= 0.3 is 0 Å². The molecular formula is C16H17ClN2O2. The number of halogens is 1. The summed E-state index contributed by atoms with van der Waals surface area (Å²) in [4.78, 5) is 26.7. The minimum Gasteiger partial charge on any atom is -0.352 e. The molecule has 1 heterocycles. The van der Waals surface area contributed by atoms with Crippen LogP contribution in [-0.2, 0) is 0 Å². The smallest absolute Gasteiger partial charge is 0.261 e. The number of hydrogen-bond acceptors (Lipinski definition) is 2. The van der Waals surface area contributed by atoms with Gasteiger partial charge in [0.2, 0.25) is 0 Å². The standard InChI is InChI=1S/C16H17ClN2O2/c1-10(2)9-18-15(20)13-6-7-14(19-16(13)21)11-4-3-5-12(17)8-11/h3-8,10H,9H2,1-2H3,(H,18,20)(H,19,21). The molecule has 0 unspecified atom stereocenters. The number of amides is 1. The van der Waals surface area contributed by atoms with Gasteiger partial charge in [0.1, 0.15) is 5.56 Å². The second-order valence-electron chi connectivity index (χ2n) is 5.23. The molecule has 1 aromatic carbocycles. The Morgan fingerprint density at radius 1 is 1.29 bits per heavy atom. The van der Waals surface area contributed by atoms with Crippen LogP contribution in [0.2, 0.25) is 5.02 Å². The fraction of sp³-hybridized carbons (Fsp3) is 0.250. The largest absolute Gasteiger partial charge is 0.352 e. The van der Waals surface area contributed by atoms with Crippen LogP contribution in [0.15, 0.2) is 41.2 Å². The molecule has 5 heteroatoms. The predicted octanol–water partition coefficient (Wildman–Crippen LogP) is 3.08. The van der Waals surface area contributed by atoms with E-state index in [1.54, 1.807) is 24.3 Å². The van der Waals surface area contributed by atoms with Gasteiger partial charge in [-0.15, -0.1) is 0 Å². The van der Waals surface area contributed by atoms with Gasteiger partial charge in [0, 0.05) is 17.3 Å². The van der Waals surface area contributed by atoms with E-state index in [-0.39, 0.29) is 11.5 Å². The van der Waals surface area contributed by atoms with Crippen LogP contribution < -0.4 is 10.9 Å². The lowest BCUT2D eigenvalue weighted by molar-refractivity contribution is 0.0947. The molecule has 21 heavy (non-hydrogen) atoms. The zero-order valence-corrected chi connectivity index (χ0v) is 12.7. The SMILES string of the molecule is CC(C)CNC(=O)c1ccc(-c2cccc(Cl)c2)[nH]c1=O. The van der Waals surface area contributed by atoms with Crippen molar-refractivity contribution in [3.8, 4) is 11.3 Å². The highest BCUT2D eigenvalue weighted by atomic mass is 35.5. The summed E-state index contributed by atoms with van der Waals surface area (Å²) >= 11 is 5.93. The third-order valence-electron chi connectivity index (χ3n) is 2.96. The highest BCUT2D eigenvalue weighted by molar-refractivity contribution is 6.30. The van der Waals surface area contributed by atoms with E-state index in [0.717, 1.165) is 5.56 Å². The van der Waals surface area contributed by atoms with Crippen LogP contribution in [0.25, 0.3) is 11.3 Å². The van der Waals surface area contributed by atoms with Gasteiger partial charge < -0.3 is 10.3 Å². The Bertz CT molecular complexity index is 707. The Labute approximate surface area is 128 Å². The average Bonchev–Trinajstić information content (AvgIpc) is 2.44. The zero-order chi connectivity index (χ0) is 15.4. The monoisotopic (exact) mass is 304 g/mol. The molecule has 2 aromatic rings. The number of carbonyl (C=O) groups excluding carboxylic acids is 1. The molecule has 0 radical (unpaired) electrons. The number of rotatable bonds is 4. The van der Waals surface area contributed by atoms with Crippen molar-refractivity contribution in [2.24, 2.45) is 5.92 Å². The molecule has 1 amide bonds. The van der Waals surface area contributed by atoms with Crippen molar-refractivity contribution in [2.75, 3.05) is 6.54 Å². The van der Waals surface area contributed by atoms with Crippen LogP contribution in [0.1, 0.15) is 24.2 Å². The van der Waals surface area contributed by atoms with Gasteiger partial charge in [0.25, 0.3) is 11.5 Å². The maximum absolute atomic E-state index is 12.0. The number of benzene rings is 1. The highest BCUT2D eigenvalue weighted by Gasteiger charge is 2.11. The Morgan fingerprint density at radius 3 is 2.67 bits per heavy atom. The Balaban J connectivity index is 2.26. The lowest BCUT2D eigenvalue weighted by atomic mass is 10.1. The normalized spacial score (nSPS) is 10.7. The molecule has 0 saturated heterocycles. The first-order chi connectivity index (χ1) is 9.97. The lowest BCUT2D eigenvalue weighted by Crippen LogP contribution is -2.32. The van der Waals surface area contributed by atoms with Gasteiger partial charge in [0.05, 0.1) is 0 Å². The first-order valence-corrected chi connectivity index (χ1v) is 7.12. The third-order valence-corrected chi connectivity index (χ3v) is 3.20. The number of aromatic nitrogens is 1. The molecule has 0 saturated carbocycles. The number of carbonyl (C=O) groups is 1. The summed E-state index contributed by atoms with van der Waals surface area (Å²) in [7, 11) is 0. The van der Waals surface area contributed by atoms with Crippen LogP contribution in [0.5, 0.6) is 0 Å². The summed E-state index contributed by atoms with van der Waals surface area (Å²) < 4.78 is 0. The summed E-state index contributed by atoms with van der Waals surface area (Å²) in [6.07, 6.45) is 0. The van der Waals surface area contributed by atoms with Crippen LogP contribution in [0, 0.1) is 5.92 Å². The van der Waals surface area contributed by atoms with E-state index >= 15 is 0 Å². The molecular weight excluding hydrogens is 288 g/mol. The first-order valence-electron chi connectivity index (χ1n) is 6.75. The van der Waals surface area contributed by atoms with Gasteiger partial charge in [-0.05, 0) is 35.7 Å². The number of H-pyrrole nitrogens is 1. The van der Waals surface area contributed by atoms with Crippen molar-refractivity contribution in [3.63, 3.8) is 0 Å². The fourth-order valence-electron chi connectivity index (χ4n) is 1.87. The Kier molecular flexibility index (Phi) is 4.81. The second-order valence-corrected chi connectivity index (χ2v) is 5.67. The van der Waals surface area contributed by atoms with Gasteiger partial charge in [-0.1, -0.05) is 37.6 Å². The molecule has 0 bridgehead atoms.